The predicted molar refractivity (Wildman–Crippen MR) is 96.4 cm³/mol. The number of aromatic amines is 1. The molecular weight excluding hydrogens is 324 g/mol. The second-order valence-electron chi connectivity index (χ2n) is 5.96. The molecule has 1 aromatic heterocycles. The van der Waals surface area contributed by atoms with Gasteiger partial charge in [-0.3, -0.25) is 0 Å². The Hall–Kier alpha value is -2.17. The maximum absolute atomic E-state index is 6.31. The molecule has 0 aliphatic carbocycles. The van der Waals surface area contributed by atoms with E-state index in [4.69, 9.17) is 21.1 Å². The van der Waals surface area contributed by atoms with Crippen LogP contribution >= 0.6 is 11.6 Å². The van der Waals surface area contributed by atoms with Gasteiger partial charge < -0.3 is 19.8 Å². The standard InChI is InChI=1S/C19H19ClN2O2/c1-23-12-4-5-16-14(10-12)13-7-8-21-18(19(13)22-16)11-3-6-17(24-2)15(20)9-11/h3-6,9-10,18,21-22H,7-8H2,1-2H3. The highest BCUT2D eigenvalue weighted by atomic mass is 35.5. The van der Waals surface area contributed by atoms with Gasteiger partial charge in [0.1, 0.15) is 11.5 Å². The Bertz CT molecular complexity index is 904. The average Bonchev–Trinajstić information content (AvgIpc) is 2.99. The van der Waals surface area contributed by atoms with E-state index < -0.39 is 0 Å². The first-order valence-corrected chi connectivity index (χ1v) is 8.34. The van der Waals surface area contributed by atoms with Gasteiger partial charge in [0.15, 0.2) is 0 Å². The van der Waals surface area contributed by atoms with Gasteiger partial charge in [0, 0.05) is 23.1 Å². The predicted octanol–water partition coefficient (Wildman–Crippen LogP) is 4.07. The number of benzene rings is 2. The first-order chi connectivity index (χ1) is 11.7. The molecule has 2 heterocycles. The summed E-state index contributed by atoms with van der Waals surface area (Å²) in [5.41, 5.74) is 4.81. The van der Waals surface area contributed by atoms with Crippen molar-refractivity contribution in [2.24, 2.45) is 0 Å². The lowest BCUT2D eigenvalue weighted by molar-refractivity contribution is 0.414. The summed E-state index contributed by atoms with van der Waals surface area (Å²) in [6, 6.07) is 12.2. The van der Waals surface area contributed by atoms with E-state index in [2.05, 4.69) is 28.5 Å². The molecule has 2 aromatic carbocycles. The van der Waals surface area contributed by atoms with Crippen LogP contribution in [0.5, 0.6) is 11.5 Å². The molecule has 5 heteroatoms. The fourth-order valence-corrected chi connectivity index (χ4v) is 3.75. The zero-order chi connectivity index (χ0) is 16.7. The fourth-order valence-electron chi connectivity index (χ4n) is 3.48. The van der Waals surface area contributed by atoms with Crippen LogP contribution in [-0.2, 0) is 6.42 Å². The summed E-state index contributed by atoms with van der Waals surface area (Å²) in [7, 11) is 3.33. The molecular formula is C19H19ClN2O2. The normalized spacial score (nSPS) is 16.9. The third-order valence-corrected chi connectivity index (χ3v) is 4.96. The van der Waals surface area contributed by atoms with Crippen LogP contribution in [0.2, 0.25) is 5.02 Å². The number of aromatic nitrogens is 1. The van der Waals surface area contributed by atoms with E-state index in [0.717, 1.165) is 29.8 Å². The van der Waals surface area contributed by atoms with Gasteiger partial charge in [-0.05, 0) is 47.9 Å². The number of fused-ring (bicyclic) bond motifs is 3. The maximum atomic E-state index is 6.31. The largest absolute Gasteiger partial charge is 0.497 e. The van der Waals surface area contributed by atoms with Crippen molar-refractivity contribution in [1.82, 2.24) is 10.3 Å². The molecule has 2 N–H and O–H groups in total. The summed E-state index contributed by atoms with van der Waals surface area (Å²) < 4.78 is 10.6. The van der Waals surface area contributed by atoms with Crippen molar-refractivity contribution in [3.8, 4) is 11.5 Å². The summed E-state index contributed by atoms with van der Waals surface area (Å²) in [4.78, 5) is 3.57. The second-order valence-corrected chi connectivity index (χ2v) is 6.37. The molecule has 0 spiro atoms. The van der Waals surface area contributed by atoms with Crippen LogP contribution in [-0.4, -0.2) is 25.7 Å². The molecule has 1 atom stereocenters. The number of nitrogens with one attached hydrogen (secondary N) is 2. The second kappa shape index (κ2) is 6.04. The number of rotatable bonds is 3. The first-order valence-electron chi connectivity index (χ1n) is 7.96. The zero-order valence-electron chi connectivity index (χ0n) is 13.7. The van der Waals surface area contributed by atoms with Gasteiger partial charge in [0.2, 0.25) is 0 Å². The number of ether oxygens (including phenoxy) is 2. The number of hydrogen-bond donors (Lipinski definition) is 2. The molecule has 4 nitrogen and oxygen atoms in total. The lowest BCUT2D eigenvalue weighted by Crippen LogP contribution is -2.30. The zero-order valence-corrected chi connectivity index (χ0v) is 14.4. The van der Waals surface area contributed by atoms with Crippen LogP contribution in [0.25, 0.3) is 10.9 Å². The summed E-state index contributed by atoms with van der Waals surface area (Å²) in [5, 5.41) is 5.44. The Morgan fingerprint density at radius 1 is 1.08 bits per heavy atom. The SMILES string of the molecule is COc1ccc2[nH]c3c(c2c1)CCNC3c1ccc(OC)c(Cl)c1. The molecule has 3 aromatic rings. The molecule has 1 aliphatic rings. The summed E-state index contributed by atoms with van der Waals surface area (Å²) in [6.45, 7) is 0.922. The minimum Gasteiger partial charge on any atom is -0.497 e. The Labute approximate surface area is 145 Å². The van der Waals surface area contributed by atoms with Gasteiger partial charge in [-0.2, -0.15) is 0 Å². The van der Waals surface area contributed by atoms with E-state index in [1.54, 1.807) is 14.2 Å². The Morgan fingerprint density at radius 2 is 1.96 bits per heavy atom. The van der Waals surface area contributed by atoms with Crippen molar-refractivity contribution in [2.75, 3.05) is 20.8 Å². The van der Waals surface area contributed by atoms with E-state index >= 15 is 0 Å². The lowest BCUT2D eigenvalue weighted by Gasteiger charge is -2.25. The monoisotopic (exact) mass is 342 g/mol. The number of H-pyrrole nitrogens is 1. The molecule has 0 radical (unpaired) electrons. The molecule has 1 aliphatic heterocycles. The van der Waals surface area contributed by atoms with E-state index in [9.17, 15) is 0 Å². The Balaban J connectivity index is 1.82. The average molecular weight is 343 g/mol. The van der Waals surface area contributed by atoms with E-state index in [1.165, 1.54) is 16.6 Å². The van der Waals surface area contributed by atoms with Crippen LogP contribution < -0.4 is 14.8 Å². The van der Waals surface area contributed by atoms with E-state index in [0.29, 0.717) is 10.8 Å². The van der Waals surface area contributed by atoms with Gasteiger partial charge >= 0.3 is 0 Å². The van der Waals surface area contributed by atoms with Gasteiger partial charge in [-0.1, -0.05) is 17.7 Å². The number of halogens is 1. The molecule has 0 amide bonds. The van der Waals surface area contributed by atoms with Gasteiger partial charge in [-0.15, -0.1) is 0 Å². The molecule has 124 valence electrons. The van der Waals surface area contributed by atoms with Crippen molar-refractivity contribution in [2.45, 2.75) is 12.5 Å². The molecule has 0 bridgehead atoms. The molecule has 0 fully saturated rings. The topological polar surface area (TPSA) is 46.3 Å². The third kappa shape index (κ3) is 2.43. The first kappa shape index (κ1) is 15.4. The molecule has 1 unspecified atom stereocenters. The van der Waals surface area contributed by atoms with Gasteiger partial charge in [-0.25, -0.2) is 0 Å². The van der Waals surface area contributed by atoms with Crippen molar-refractivity contribution in [3.05, 3.63) is 58.2 Å². The fraction of sp³-hybridized carbons (Fsp3) is 0.263. The molecule has 24 heavy (non-hydrogen) atoms. The summed E-state index contributed by atoms with van der Waals surface area (Å²) in [6.07, 6.45) is 0.989. The number of hydrogen-bond acceptors (Lipinski definition) is 3. The van der Waals surface area contributed by atoms with Crippen molar-refractivity contribution in [3.63, 3.8) is 0 Å². The van der Waals surface area contributed by atoms with Crippen LogP contribution in [0.15, 0.2) is 36.4 Å². The quantitative estimate of drug-likeness (QED) is 0.754. The van der Waals surface area contributed by atoms with E-state index in [-0.39, 0.29) is 6.04 Å². The van der Waals surface area contributed by atoms with Crippen LogP contribution in [0.1, 0.15) is 22.9 Å². The van der Waals surface area contributed by atoms with Crippen molar-refractivity contribution < 1.29 is 9.47 Å². The van der Waals surface area contributed by atoms with Crippen molar-refractivity contribution in [1.29, 1.82) is 0 Å². The maximum Gasteiger partial charge on any atom is 0.137 e. The summed E-state index contributed by atoms with van der Waals surface area (Å²) in [5.74, 6) is 1.57. The van der Waals surface area contributed by atoms with Crippen LogP contribution in [0.4, 0.5) is 0 Å². The highest BCUT2D eigenvalue weighted by molar-refractivity contribution is 6.32. The Kier molecular flexibility index (Phi) is 3.87. The van der Waals surface area contributed by atoms with Crippen molar-refractivity contribution >= 4 is 22.5 Å². The highest BCUT2D eigenvalue weighted by Crippen LogP contribution is 2.36. The smallest absolute Gasteiger partial charge is 0.137 e. The third-order valence-electron chi connectivity index (χ3n) is 4.67. The summed E-state index contributed by atoms with van der Waals surface area (Å²) >= 11 is 6.31. The van der Waals surface area contributed by atoms with Crippen LogP contribution in [0.3, 0.4) is 0 Å². The molecule has 4 rings (SSSR count). The Morgan fingerprint density at radius 3 is 2.71 bits per heavy atom. The highest BCUT2D eigenvalue weighted by Gasteiger charge is 2.25. The number of methoxy groups -OCH3 is 2. The van der Waals surface area contributed by atoms with Gasteiger partial charge in [0.25, 0.3) is 0 Å². The minimum atomic E-state index is 0.0931. The molecule has 0 saturated heterocycles. The van der Waals surface area contributed by atoms with Gasteiger partial charge in [0.05, 0.1) is 25.3 Å². The van der Waals surface area contributed by atoms with Crippen LogP contribution in [0, 0.1) is 0 Å². The minimum absolute atomic E-state index is 0.0931. The van der Waals surface area contributed by atoms with E-state index in [1.807, 2.05) is 18.2 Å². The molecule has 0 saturated carbocycles. The lowest BCUT2D eigenvalue weighted by atomic mass is 9.94.